The molecule has 0 bridgehead atoms. The summed E-state index contributed by atoms with van der Waals surface area (Å²) in [5.74, 6) is 0.557. The van der Waals surface area contributed by atoms with Crippen LogP contribution in [0.4, 0.5) is 0 Å². The van der Waals surface area contributed by atoms with Gasteiger partial charge < -0.3 is 24.4 Å². The second-order valence-electron chi connectivity index (χ2n) is 8.17. The van der Waals surface area contributed by atoms with Crippen molar-refractivity contribution in [2.24, 2.45) is 10.9 Å². The SMILES string of the molecule is COCCOC(=O)C1=C(C)N=C2SC=C(CC(=O)NCC(C)C)N2C1c1ccc(OC)cc1. The summed E-state index contributed by atoms with van der Waals surface area (Å²) in [7, 11) is 3.16. The van der Waals surface area contributed by atoms with Crippen LogP contribution in [0.2, 0.25) is 0 Å². The minimum Gasteiger partial charge on any atom is -0.497 e. The zero-order chi connectivity index (χ0) is 24.0. The molecule has 1 N–H and O–H groups in total. The van der Waals surface area contributed by atoms with Crippen LogP contribution >= 0.6 is 11.8 Å². The highest BCUT2D eigenvalue weighted by molar-refractivity contribution is 8.16. The van der Waals surface area contributed by atoms with Crippen molar-refractivity contribution < 1.29 is 23.8 Å². The molecule has 2 aliphatic heterocycles. The van der Waals surface area contributed by atoms with Gasteiger partial charge in [0.15, 0.2) is 5.17 Å². The Morgan fingerprint density at radius 3 is 2.55 bits per heavy atom. The molecule has 1 unspecified atom stereocenters. The Morgan fingerprint density at radius 1 is 1.18 bits per heavy atom. The average Bonchev–Trinajstić information content (AvgIpc) is 3.18. The Labute approximate surface area is 199 Å². The molecule has 0 saturated carbocycles. The number of esters is 1. The third kappa shape index (κ3) is 5.97. The first-order chi connectivity index (χ1) is 15.8. The lowest BCUT2D eigenvalue weighted by atomic mass is 9.93. The van der Waals surface area contributed by atoms with E-state index in [1.54, 1.807) is 14.2 Å². The van der Waals surface area contributed by atoms with E-state index in [4.69, 9.17) is 14.2 Å². The molecule has 0 aliphatic carbocycles. The Bertz CT molecular complexity index is 969. The number of carbonyl (C=O) groups is 2. The van der Waals surface area contributed by atoms with Crippen molar-refractivity contribution in [2.45, 2.75) is 33.2 Å². The van der Waals surface area contributed by atoms with Crippen molar-refractivity contribution in [3.8, 4) is 5.75 Å². The summed E-state index contributed by atoms with van der Waals surface area (Å²) in [5, 5.41) is 5.62. The number of ether oxygens (including phenoxy) is 3. The van der Waals surface area contributed by atoms with Gasteiger partial charge in [-0.2, -0.15) is 0 Å². The van der Waals surface area contributed by atoms with Gasteiger partial charge in [0.25, 0.3) is 0 Å². The van der Waals surface area contributed by atoms with Crippen molar-refractivity contribution in [1.82, 2.24) is 10.2 Å². The van der Waals surface area contributed by atoms with E-state index in [-0.39, 0.29) is 18.9 Å². The van der Waals surface area contributed by atoms with Gasteiger partial charge in [-0.25, -0.2) is 9.79 Å². The summed E-state index contributed by atoms with van der Waals surface area (Å²) in [4.78, 5) is 32.3. The predicted octanol–water partition coefficient (Wildman–Crippen LogP) is 3.62. The molecule has 2 aliphatic rings. The molecule has 0 radical (unpaired) electrons. The fraction of sp³-hybridized carbons (Fsp3) is 0.458. The molecule has 0 aromatic heterocycles. The van der Waals surface area contributed by atoms with Crippen molar-refractivity contribution in [2.75, 3.05) is 34.0 Å². The van der Waals surface area contributed by atoms with Gasteiger partial charge in [-0.15, -0.1) is 0 Å². The maximum Gasteiger partial charge on any atom is 0.338 e. The van der Waals surface area contributed by atoms with Crippen LogP contribution < -0.4 is 10.1 Å². The normalized spacial score (nSPS) is 17.5. The predicted molar refractivity (Wildman–Crippen MR) is 129 cm³/mol. The Hall–Kier alpha value is -2.78. The van der Waals surface area contributed by atoms with Gasteiger partial charge >= 0.3 is 5.97 Å². The van der Waals surface area contributed by atoms with E-state index in [1.165, 1.54) is 11.8 Å². The summed E-state index contributed by atoms with van der Waals surface area (Å²) in [5.41, 5.74) is 2.69. The number of aliphatic imine (C=N–C) groups is 1. The van der Waals surface area contributed by atoms with Crippen molar-refractivity contribution in [1.29, 1.82) is 0 Å². The summed E-state index contributed by atoms with van der Waals surface area (Å²) >= 11 is 1.45. The highest BCUT2D eigenvalue weighted by atomic mass is 32.2. The topological polar surface area (TPSA) is 89.5 Å². The van der Waals surface area contributed by atoms with E-state index in [9.17, 15) is 9.59 Å². The number of carbonyl (C=O) groups excluding carboxylic acids is 2. The Kier molecular flexibility index (Phi) is 8.57. The maximum absolute atomic E-state index is 13.1. The molecule has 2 heterocycles. The first-order valence-electron chi connectivity index (χ1n) is 10.9. The molecule has 8 nitrogen and oxygen atoms in total. The minimum absolute atomic E-state index is 0.0687. The molecule has 1 atom stereocenters. The van der Waals surface area contributed by atoms with Crippen LogP contribution in [0.15, 0.2) is 51.6 Å². The standard InChI is InChI=1S/C24H31N3O5S/c1-15(2)13-25-20(28)12-18-14-33-24-26-16(3)21(23(29)32-11-10-30-4)22(27(18)24)17-6-8-19(31-5)9-7-17/h6-9,14-15,22H,10-13H2,1-5H3,(H,25,28). The smallest absolute Gasteiger partial charge is 0.338 e. The highest BCUT2D eigenvalue weighted by Gasteiger charge is 2.41. The fourth-order valence-corrected chi connectivity index (χ4v) is 4.54. The van der Waals surface area contributed by atoms with Crippen LogP contribution in [-0.2, 0) is 19.1 Å². The third-order valence-corrected chi connectivity index (χ3v) is 6.11. The van der Waals surface area contributed by atoms with Crippen molar-refractivity contribution in [3.05, 3.63) is 52.2 Å². The molecule has 1 aromatic rings. The molecular formula is C24H31N3O5S. The first-order valence-corrected chi connectivity index (χ1v) is 11.7. The van der Waals surface area contributed by atoms with E-state index in [0.717, 1.165) is 16.4 Å². The van der Waals surface area contributed by atoms with E-state index in [2.05, 4.69) is 24.2 Å². The van der Waals surface area contributed by atoms with Crippen LogP contribution in [0.3, 0.4) is 0 Å². The second-order valence-corrected chi connectivity index (χ2v) is 9.01. The molecule has 0 saturated heterocycles. The van der Waals surface area contributed by atoms with Gasteiger partial charge in [0, 0.05) is 19.4 Å². The van der Waals surface area contributed by atoms with E-state index in [0.29, 0.717) is 36.1 Å². The van der Waals surface area contributed by atoms with Crippen LogP contribution in [-0.4, -0.2) is 55.9 Å². The number of hydrogen-bond donors (Lipinski definition) is 1. The summed E-state index contributed by atoms with van der Waals surface area (Å²) in [6.45, 7) is 6.97. The summed E-state index contributed by atoms with van der Waals surface area (Å²) in [6, 6.07) is 7.07. The molecule has 3 rings (SSSR count). The molecule has 1 amide bonds. The molecule has 9 heteroatoms. The van der Waals surface area contributed by atoms with E-state index in [1.807, 2.05) is 41.5 Å². The highest BCUT2D eigenvalue weighted by Crippen LogP contribution is 2.45. The second kappa shape index (κ2) is 11.4. The molecule has 0 fully saturated rings. The summed E-state index contributed by atoms with van der Waals surface area (Å²) in [6.07, 6.45) is 0.191. The van der Waals surface area contributed by atoms with Crippen molar-refractivity contribution >= 4 is 28.8 Å². The van der Waals surface area contributed by atoms with Crippen LogP contribution in [0.5, 0.6) is 5.75 Å². The largest absolute Gasteiger partial charge is 0.497 e. The minimum atomic E-state index is -0.474. The number of hydrogen-bond acceptors (Lipinski definition) is 8. The molecule has 1 aromatic carbocycles. The number of nitrogens with zero attached hydrogens (tertiary/aromatic N) is 2. The van der Waals surface area contributed by atoms with Crippen molar-refractivity contribution in [3.63, 3.8) is 0 Å². The lowest BCUT2D eigenvalue weighted by Gasteiger charge is -2.36. The van der Waals surface area contributed by atoms with Gasteiger partial charge in [-0.3, -0.25) is 4.79 Å². The monoisotopic (exact) mass is 473 g/mol. The average molecular weight is 474 g/mol. The zero-order valence-electron chi connectivity index (χ0n) is 19.7. The Balaban J connectivity index is 1.94. The molecule has 0 spiro atoms. The summed E-state index contributed by atoms with van der Waals surface area (Å²) < 4.78 is 15.8. The number of amidine groups is 1. The maximum atomic E-state index is 13.1. The van der Waals surface area contributed by atoms with Crippen LogP contribution in [0.1, 0.15) is 38.8 Å². The van der Waals surface area contributed by atoms with Crippen LogP contribution in [0.25, 0.3) is 0 Å². The number of amides is 1. The van der Waals surface area contributed by atoms with Crippen LogP contribution in [0, 0.1) is 5.92 Å². The molecule has 178 valence electrons. The molecule has 33 heavy (non-hydrogen) atoms. The zero-order valence-corrected chi connectivity index (χ0v) is 20.5. The van der Waals surface area contributed by atoms with Gasteiger partial charge in [-0.05, 0) is 35.9 Å². The van der Waals surface area contributed by atoms with Gasteiger partial charge in [-0.1, -0.05) is 37.7 Å². The number of rotatable bonds is 10. The fourth-order valence-electron chi connectivity index (χ4n) is 3.57. The van der Waals surface area contributed by atoms with Gasteiger partial charge in [0.05, 0.1) is 37.4 Å². The lowest BCUT2D eigenvalue weighted by Crippen LogP contribution is -2.38. The molecular weight excluding hydrogens is 442 g/mol. The van der Waals surface area contributed by atoms with Gasteiger partial charge in [0.2, 0.25) is 5.91 Å². The number of fused-ring (bicyclic) bond motifs is 1. The Morgan fingerprint density at radius 2 is 1.91 bits per heavy atom. The number of nitrogens with one attached hydrogen (secondary N) is 1. The lowest BCUT2D eigenvalue weighted by molar-refractivity contribution is -0.141. The quantitative estimate of drug-likeness (QED) is 0.410. The number of benzene rings is 1. The number of thioether (sulfide) groups is 1. The third-order valence-electron chi connectivity index (χ3n) is 5.22. The first kappa shape index (κ1) is 24.9. The van der Waals surface area contributed by atoms with Gasteiger partial charge in [0.1, 0.15) is 12.4 Å². The van der Waals surface area contributed by atoms with E-state index < -0.39 is 12.0 Å². The number of methoxy groups -OCH3 is 2. The van der Waals surface area contributed by atoms with E-state index >= 15 is 0 Å². The number of allylic oxidation sites excluding steroid dienone is 1.